The van der Waals surface area contributed by atoms with E-state index < -0.39 is 0 Å². The van der Waals surface area contributed by atoms with Crippen molar-refractivity contribution < 1.29 is 4.57 Å². The van der Waals surface area contributed by atoms with Crippen molar-refractivity contribution in [3.8, 4) is 22.4 Å². The molecule has 0 aliphatic heterocycles. The number of nitrogens with zero attached hydrogens (tertiary/aromatic N) is 2. The number of rotatable bonds is 5. The zero-order valence-corrected chi connectivity index (χ0v) is 21.5. The summed E-state index contributed by atoms with van der Waals surface area (Å²) in [5.41, 5.74) is 11.0. The quantitative estimate of drug-likeness (QED) is 0.259. The van der Waals surface area contributed by atoms with Crippen LogP contribution in [0.3, 0.4) is 0 Å². The van der Waals surface area contributed by atoms with Crippen LogP contribution >= 0.6 is 15.9 Å². The van der Waals surface area contributed by atoms with Crippen LogP contribution in [0.1, 0.15) is 22.4 Å². The summed E-state index contributed by atoms with van der Waals surface area (Å²) in [7, 11) is 6.27. The predicted octanol–water partition coefficient (Wildman–Crippen LogP) is 7.46. The van der Waals surface area contributed by atoms with E-state index in [9.17, 15) is 0 Å². The smallest absolute Gasteiger partial charge is 0.213 e. The van der Waals surface area contributed by atoms with Crippen LogP contribution in [-0.2, 0) is 7.05 Å². The molecule has 1 heterocycles. The minimum absolute atomic E-state index is 1.09. The minimum Gasteiger partial charge on any atom is -0.378 e. The molecule has 0 aliphatic rings. The largest absolute Gasteiger partial charge is 0.378 e. The Morgan fingerprint density at radius 1 is 0.758 bits per heavy atom. The van der Waals surface area contributed by atoms with Crippen LogP contribution in [-0.4, -0.2) is 14.1 Å². The lowest BCUT2D eigenvalue weighted by atomic mass is 9.98. The number of hydrogen-bond donors (Lipinski definition) is 0. The Balaban J connectivity index is 1.82. The molecule has 3 heteroatoms. The van der Waals surface area contributed by atoms with Crippen molar-refractivity contribution in [1.29, 1.82) is 0 Å². The summed E-state index contributed by atoms with van der Waals surface area (Å²) in [5, 5.41) is 0. The van der Waals surface area contributed by atoms with E-state index in [-0.39, 0.29) is 0 Å². The normalized spacial score (nSPS) is 11.2. The van der Waals surface area contributed by atoms with Crippen molar-refractivity contribution in [1.82, 2.24) is 0 Å². The van der Waals surface area contributed by atoms with Gasteiger partial charge < -0.3 is 4.90 Å². The van der Waals surface area contributed by atoms with Gasteiger partial charge in [0.1, 0.15) is 7.05 Å². The van der Waals surface area contributed by atoms with E-state index in [1.165, 1.54) is 44.8 Å². The average Bonchev–Trinajstić information content (AvgIpc) is 2.79. The highest BCUT2D eigenvalue weighted by atomic mass is 79.9. The molecule has 4 aromatic rings. The molecule has 0 spiro atoms. The summed E-state index contributed by atoms with van der Waals surface area (Å²) < 4.78 is 3.37. The van der Waals surface area contributed by atoms with Crippen molar-refractivity contribution in [2.75, 3.05) is 19.0 Å². The summed E-state index contributed by atoms with van der Waals surface area (Å²) in [6, 6.07) is 28.4. The number of anilines is 1. The van der Waals surface area contributed by atoms with Gasteiger partial charge in [-0.25, -0.2) is 0 Å². The zero-order chi connectivity index (χ0) is 23.5. The van der Waals surface area contributed by atoms with Crippen molar-refractivity contribution in [3.05, 3.63) is 106 Å². The molecule has 0 radical (unpaired) electrons. The van der Waals surface area contributed by atoms with Crippen molar-refractivity contribution in [2.45, 2.75) is 13.8 Å². The molecule has 2 nitrogen and oxygen atoms in total. The first-order valence-electron chi connectivity index (χ1n) is 11.1. The first-order chi connectivity index (χ1) is 15.8. The Kier molecular flexibility index (Phi) is 6.80. The van der Waals surface area contributed by atoms with Crippen molar-refractivity contribution in [2.24, 2.45) is 7.05 Å². The van der Waals surface area contributed by atoms with Crippen LogP contribution in [0.5, 0.6) is 0 Å². The van der Waals surface area contributed by atoms with Crippen molar-refractivity contribution >= 4 is 33.8 Å². The lowest BCUT2D eigenvalue weighted by Crippen LogP contribution is -2.35. The van der Waals surface area contributed by atoms with E-state index in [0.29, 0.717) is 0 Å². The number of aryl methyl sites for hydroxylation is 2. The second-order valence-electron chi connectivity index (χ2n) is 8.76. The van der Waals surface area contributed by atoms with E-state index in [1.807, 2.05) is 0 Å². The highest BCUT2D eigenvalue weighted by Gasteiger charge is 2.18. The molecule has 0 aliphatic carbocycles. The topological polar surface area (TPSA) is 7.12 Å². The molecule has 0 saturated heterocycles. The van der Waals surface area contributed by atoms with Gasteiger partial charge in [-0.15, -0.1) is 0 Å². The van der Waals surface area contributed by atoms with E-state index in [4.69, 9.17) is 0 Å². The van der Waals surface area contributed by atoms with Gasteiger partial charge in [0.2, 0.25) is 11.4 Å². The monoisotopic (exact) mass is 497 g/mol. The lowest BCUT2D eigenvalue weighted by Gasteiger charge is -2.12. The lowest BCUT2D eigenvalue weighted by molar-refractivity contribution is -0.662. The second kappa shape index (κ2) is 9.76. The first-order valence-corrected chi connectivity index (χ1v) is 11.9. The van der Waals surface area contributed by atoms with Gasteiger partial charge in [0.05, 0.1) is 0 Å². The van der Waals surface area contributed by atoms with Gasteiger partial charge in [-0.2, -0.15) is 4.57 Å². The number of pyridine rings is 1. The zero-order valence-electron chi connectivity index (χ0n) is 19.9. The Bertz CT molecular complexity index is 1300. The third-order valence-electron chi connectivity index (χ3n) is 6.04. The van der Waals surface area contributed by atoms with E-state index >= 15 is 0 Å². The molecule has 1 aromatic heterocycles. The van der Waals surface area contributed by atoms with Crippen LogP contribution in [0, 0.1) is 13.8 Å². The first kappa shape index (κ1) is 23.0. The highest BCUT2D eigenvalue weighted by Crippen LogP contribution is 2.29. The van der Waals surface area contributed by atoms with Gasteiger partial charge in [-0.1, -0.05) is 57.9 Å². The van der Waals surface area contributed by atoms with Gasteiger partial charge in [0.15, 0.2) is 0 Å². The summed E-state index contributed by atoms with van der Waals surface area (Å²) >= 11 is 3.56. The fraction of sp³-hybridized carbons (Fsp3) is 0.167. The number of aromatic nitrogens is 1. The predicted molar refractivity (Wildman–Crippen MR) is 145 cm³/mol. The van der Waals surface area contributed by atoms with E-state index in [1.54, 1.807) is 0 Å². The van der Waals surface area contributed by atoms with Gasteiger partial charge in [0.25, 0.3) is 0 Å². The molecule has 4 rings (SSSR count). The Labute approximate surface area is 206 Å². The molecular weight excluding hydrogens is 468 g/mol. The summed E-state index contributed by atoms with van der Waals surface area (Å²) in [5.74, 6) is 0. The third-order valence-corrected chi connectivity index (χ3v) is 6.56. The van der Waals surface area contributed by atoms with Gasteiger partial charge in [-0.3, -0.25) is 0 Å². The molecule has 3 aromatic carbocycles. The fourth-order valence-corrected chi connectivity index (χ4v) is 4.34. The third kappa shape index (κ3) is 5.26. The maximum Gasteiger partial charge on any atom is 0.213 e. The van der Waals surface area contributed by atoms with Gasteiger partial charge >= 0.3 is 0 Å². The average molecular weight is 498 g/mol. The summed E-state index contributed by atoms with van der Waals surface area (Å²) in [6.45, 7) is 4.33. The summed E-state index contributed by atoms with van der Waals surface area (Å²) in [4.78, 5) is 2.12. The maximum atomic E-state index is 3.56. The molecule has 0 amide bonds. The highest BCUT2D eigenvalue weighted by molar-refractivity contribution is 9.10. The molecule has 0 bridgehead atoms. The standard InChI is InChI=1S/C30H30BrN2/c1-21-6-17-29(22(2)18-21)30-20-25(24-10-12-26(31)13-11-24)19-28(33(30)5)16-9-23-7-14-27(15-8-23)32(3)4/h6-20H,1-5H3/q+1. The SMILES string of the molecule is Cc1ccc(-c2cc(-c3ccc(Br)cc3)cc(C=Cc3ccc(N(C)C)cc3)[n+]2C)c(C)c1. The maximum absolute atomic E-state index is 3.56. The second-order valence-corrected chi connectivity index (χ2v) is 9.67. The number of halogens is 1. The molecule has 0 unspecified atom stereocenters. The molecular formula is C30H30BrN2+. The van der Waals surface area contributed by atoms with Crippen LogP contribution in [0.2, 0.25) is 0 Å². The van der Waals surface area contributed by atoms with Gasteiger partial charge in [0, 0.05) is 48.0 Å². The van der Waals surface area contributed by atoms with Crippen molar-refractivity contribution in [3.63, 3.8) is 0 Å². The molecule has 166 valence electrons. The van der Waals surface area contributed by atoms with Crippen LogP contribution < -0.4 is 9.47 Å². The molecule has 0 N–H and O–H groups in total. The molecule has 33 heavy (non-hydrogen) atoms. The van der Waals surface area contributed by atoms with Crippen LogP contribution in [0.15, 0.2) is 83.3 Å². The Hall–Kier alpha value is -3.17. The summed E-state index contributed by atoms with van der Waals surface area (Å²) in [6.07, 6.45) is 4.39. The van der Waals surface area contributed by atoms with E-state index in [0.717, 1.165) is 10.2 Å². The fourth-order valence-electron chi connectivity index (χ4n) is 4.07. The number of benzene rings is 3. The molecule has 0 atom stereocenters. The minimum atomic E-state index is 1.09. The number of hydrogen-bond acceptors (Lipinski definition) is 1. The van der Waals surface area contributed by atoms with Crippen LogP contribution in [0.25, 0.3) is 34.5 Å². The Morgan fingerprint density at radius 3 is 2.09 bits per heavy atom. The van der Waals surface area contributed by atoms with E-state index in [2.05, 4.69) is 151 Å². The van der Waals surface area contributed by atoms with Crippen LogP contribution in [0.4, 0.5) is 5.69 Å². The van der Waals surface area contributed by atoms with Gasteiger partial charge in [-0.05, 0) is 72.5 Å². The molecule has 0 fully saturated rings. The molecule has 0 saturated carbocycles. The Morgan fingerprint density at radius 2 is 1.45 bits per heavy atom.